The van der Waals surface area contributed by atoms with Crippen molar-refractivity contribution in [1.29, 1.82) is 0 Å². The van der Waals surface area contributed by atoms with Crippen molar-refractivity contribution in [3.8, 4) is 11.4 Å². The molecule has 1 amide bonds. The normalized spacial score (nSPS) is 11.4. The van der Waals surface area contributed by atoms with Crippen LogP contribution in [0.2, 0.25) is 15.1 Å². The van der Waals surface area contributed by atoms with Crippen molar-refractivity contribution in [2.45, 2.75) is 6.54 Å². The van der Waals surface area contributed by atoms with Crippen molar-refractivity contribution in [2.75, 3.05) is 13.1 Å². The van der Waals surface area contributed by atoms with E-state index in [1.807, 2.05) is 22.9 Å². The number of rotatable bonds is 5. The van der Waals surface area contributed by atoms with Gasteiger partial charge in [-0.2, -0.15) is 0 Å². The van der Waals surface area contributed by atoms with Crippen LogP contribution < -0.4 is 11.1 Å². The van der Waals surface area contributed by atoms with Gasteiger partial charge in [0.05, 0.1) is 21.1 Å². The van der Waals surface area contributed by atoms with Crippen molar-refractivity contribution in [2.24, 2.45) is 5.73 Å². The second-order valence-corrected chi connectivity index (χ2v) is 7.59. The fraction of sp³-hybridized carbons (Fsp3) is 0.158. The summed E-state index contributed by atoms with van der Waals surface area (Å²) in [6, 6.07) is 8.98. The van der Waals surface area contributed by atoms with Crippen LogP contribution in [0.1, 0.15) is 0 Å². The summed E-state index contributed by atoms with van der Waals surface area (Å²) in [6.07, 6.45) is 1.88. The quantitative estimate of drug-likeness (QED) is 0.437. The Balaban J connectivity index is 1.82. The monoisotopic (exact) mass is 435 g/mol. The van der Waals surface area contributed by atoms with E-state index < -0.39 is 0 Å². The second-order valence-electron chi connectivity index (χ2n) is 6.34. The number of fused-ring (bicyclic) bond motifs is 2. The number of nitrogens with one attached hydrogen (secondary N) is 2. The van der Waals surface area contributed by atoms with Crippen molar-refractivity contribution < 1.29 is 4.79 Å². The predicted molar refractivity (Wildman–Crippen MR) is 114 cm³/mol. The summed E-state index contributed by atoms with van der Waals surface area (Å²) in [6.45, 7) is 0.987. The number of nitrogens with two attached hydrogens (primary N) is 1. The minimum atomic E-state index is -0.119. The molecule has 144 valence electrons. The Morgan fingerprint density at radius 1 is 1.18 bits per heavy atom. The molecule has 0 radical (unpaired) electrons. The highest BCUT2D eigenvalue weighted by molar-refractivity contribution is 6.42. The molecule has 0 saturated carbocycles. The zero-order valence-corrected chi connectivity index (χ0v) is 16.9. The topological polar surface area (TPSA) is 88.7 Å². The molecule has 0 unspecified atom stereocenters. The molecule has 6 nitrogen and oxygen atoms in total. The number of nitrogens with zero attached hydrogens (tertiary/aromatic N) is 2. The van der Waals surface area contributed by atoms with Crippen LogP contribution in [0.25, 0.3) is 33.3 Å². The van der Waals surface area contributed by atoms with E-state index in [0.29, 0.717) is 39.5 Å². The molecular weight excluding hydrogens is 421 g/mol. The van der Waals surface area contributed by atoms with Crippen molar-refractivity contribution >= 4 is 62.6 Å². The van der Waals surface area contributed by atoms with E-state index in [0.717, 1.165) is 22.0 Å². The number of aromatic nitrogens is 3. The summed E-state index contributed by atoms with van der Waals surface area (Å²) in [4.78, 5) is 20.1. The first-order valence-electron chi connectivity index (χ1n) is 8.56. The molecule has 0 saturated heterocycles. The molecule has 0 atom stereocenters. The molecule has 0 fully saturated rings. The molecule has 28 heavy (non-hydrogen) atoms. The van der Waals surface area contributed by atoms with E-state index in [1.165, 1.54) is 0 Å². The van der Waals surface area contributed by atoms with Gasteiger partial charge in [0.1, 0.15) is 12.4 Å². The van der Waals surface area contributed by atoms with Crippen LogP contribution in [-0.4, -0.2) is 33.5 Å². The van der Waals surface area contributed by atoms with Crippen molar-refractivity contribution in [1.82, 2.24) is 19.9 Å². The first-order valence-corrected chi connectivity index (χ1v) is 9.70. The molecule has 4 N–H and O–H groups in total. The van der Waals surface area contributed by atoms with Gasteiger partial charge in [-0.25, -0.2) is 4.98 Å². The molecule has 2 aromatic carbocycles. The van der Waals surface area contributed by atoms with Crippen LogP contribution >= 0.6 is 34.8 Å². The first kappa shape index (κ1) is 19.1. The Morgan fingerprint density at radius 3 is 2.75 bits per heavy atom. The maximum atomic E-state index is 12.2. The fourth-order valence-corrected chi connectivity index (χ4v) is 3.64. The van der Waals surface area contributed by atoms with Gasteiger partial charge < -0.3 is 20.6 Å². The Kier molecular flexibility index (Phi) is 5.21. The number of benzene rings is 2. The predicted octanol–water partition coefficient (Wildman–Crippen LogP) is 4.22. The van der Waals surface area contributed by atoms with Gasteiger partial charge in [0.15, 0.2) is 0 Å². The lowest BCUT2D eigenvalue weighted by atomic mass is 10.1. The van der Waals surface area contributed by atoms with Crippen molar-refractivity contribution in [3.05, 3.63) is 51.6 Å². The van der Waals surface area contributed by atoms with Gasteiger partial charge in [-0.15, -0.1) is 0 Å². The average molecular weight is 437 g/mol. The lowest BCUT2D eigenvalue weighted by Gasteiger charge is -2.06. The highest BCUT2D eigenvalue weighted by atomic mass is 35.5. The van der Waals surface area contributed by atoms with Crippen LogP contribution in [0.5, 0.6) is 0 Å². The van der Waals surface area contributed by atoms with E-state index >= 15 is 0 Å². The SMILES string of the molecule is NCCNC(=O)Cn1cc(-c2nc3cc(Cl)c(Cl)cc3[nH]2)c2cc(Cl)ccc21. The highest BCUT2D eigenvalue weighted by Crippen LogP contribution is 2.34. The average Bonchev–Trinajstić information content (AvgIpc) is 3.21. The number of hydrogen-bond acceptors (Lipinski definition) is 3. The Bertz CT molecular complexity index is 1160. The number of aromatic amines is 1. The first-order chi connectivity index (χ1) is 13.5. The lowest BCUT2D eigenvalue weighted by Crippen LogP contribution is -2.31. The third kappa shape index (κ3) is 3.56. The van der Waals surface area contributed by atoms with Gasteiger partial charge in [-0.1, -0.05) is 34.8 Å². The maximum absolute atomic E-state index is 12.2. The minimum Gasteiger partial charge on any atom is -0.353 e. The molecule has 0 aliphatic carbocycles. The van der Waals surface area contributed by atoms with E-state index in [9.17, 15) is 4.79 Å². The fourth-order valence-electron chi connectivity index (χ4n) is 3.14. The largest absolute Gasteiger partial charge is 0.353 e. The zero-order chi connectivity index (χ0) is 19.8. The third-order valence-corrected chi connectivity index (χ3v) is 5.36. The molecule has 9 heteroatoms. The molecule has 0 spiro atoms. The summed E-state index contributed by atoms with van der Waals surface area (Å²) >= 11 is 18.4. The second kappa shape index (κ2) is 7.64. The van der Waals surface area contributed by atoms with Gasteiger partial charge in [-0.05, 0) is 30.3 Å². The van der Waals surface area contributed by atoms with Crippen LogP contribution in [-0.2, 0) is 11.3 Å². The van der Waals surface area contributed by atoms with Gasteiger partial charge >= 0.3 is 0 Å². The third-order valence-electron chi connectivity index (χ3n) is 4.40. The van der Waals surface area contributed by atoms with E-state index in [4.69, 9.17) is 40.5 Å². The number of imidazole rings is 1. The van der Waals surface area contributed by atoms with Crippen LogP contribution in [0.4, 0.5) is 0 Å². The number of amides is 1. The molecule has 4 aromatic rings. The van der Waals surface area contributed by atoms with Gasteiger partial charge in [0, 0.05) is 40.8 Å². The van der Waals surface area contributed by atoms with E-state index in [2.05, 4.69) is 15.3 Å². The zero-order valence-electron chi connectivity index (χ0n) is 14.6. The molecule has 0 aliphatic heterocycles. The summed E-state index contributed by atoms with van der Waals surface area (Å²) < 4.78 is 1.86. The van der Waals surface area contributed by atoms with Crippen LogP contribution in [0.15, 0.2) is 36.5 Å². The Morgan fingerprint density at radius 2 is 1.96 bits per heavy atom. The van der Waals surface area contributed by atoms with E-state index in [1.54, 1.807) is 18.2 Å². The molecule has 0 aliphatic rings. The molecular formula is C19H16Cl3N5O. The molecule has 0 bridgehead atoms. The summed E-state index contributed by atoms with van der Waals surface area (Å²) in [5.41, 5.74) is 8.62. The van der Waals surface area contributed by atoms with Crippen molar-refractivity contribution in [3.63, 3.8) is 0 Å². The van der Waals surface area contributed by atoms with Gasteiger partial charge in [0.25, 0.3) is 0 Å². The summed E-state index contributed by atoms with van der Waals surface area (Å²) in [7, 11) is 0. The minimum absolute atomic E-state index is 0.119. The Hall–Kier alpha value is -2.25. The Labute approximate surface area is 175 Å². The standard InChI is InChI=1S/C19H16Cl3N5O/c20-10-1-2-17-11(5-10)12(8-27(17)9-18(28)24-4-3-23)19-25-15-6-13(21)14(22)7-16(15)26-19/h1-2,5-8H,3-4,9,23H2,(H,24,28)(H,25,26). The van der Waals surface area contributed by atoms with Crippen LogP contribution in [0, 0.1) is 0 Å². The van der Waals surface area contributed by atoms with E-state index in [-0.39, 0.29) is 12.5 Å². The van der Waals surface area contributed by atoms with Gasteiger partial charge in [-0.3, -0.25) is 4.79 Å². The van der Waals surface area contributed by atoms with Gasteiger partial charge in [0.2, 0.25) is 5.91 Å². The smallest absolute Gasteiger partial charge is 0.239 e. The number of halogens is 3. The molecule has 2 aromatic heterocycles. The number of H-pyrrole nitrogens is 1. The number of hydrogen-bond donors (Lipinski definition) is 3. The number of carbonyl (C=O) groups excluding carboxylic acids is 1. The summed E-state index contributed by atoms with van der Waals surface area (Å²) in [5, 5.41) is 5.15. The number of carbonyl (C=O) groups is 1. The lowest BCUT2D eigenvalue weighted by molar-refractivity contribution is -0.121. The maximum Gasteiger partial charge on any atom is 0.239 e. The molecule has 2 heterocycles. The highest BCUT2D eigenvalue weighted by Gasteiger charge is 2.16. The van der Waals surface area contributed by atoms with Crippen LogP contribution in [0.3, 0.4) is 0 Å². The summed E-state index contributed by atoms with van der Waals surface area (Å²) in [5.74, 6) is 0.522. The molecule has 4 rings (SSSR count).